The highest BCUT2D eigenvalue weighted by Crippen LogP contribution is 2.37. The van der Waals surface area contributed by atoms with Gasteiger partial charge in [-0.2, -0.15) is 17.6 Å². The Morgan fingerprint density at radius 1 is 1.10 bits per heavy atom. The molecule has 0 aliphatic carbocycles. The van der Waals surface area contributed by atoms with Crippen molar-refractivity contribution in [3.8, 4) is 17.2 Å². The highest BCUT2D eigenvalue weighted by molar-refractivity contribution is 7.98. The first-order valence-electron chi connectivity index (χ1n) is 9.04. The fraction of sp³-hybridized carbons (Fsp3) is 0.350. The molecule has 0 aliphatic heterocycles. The average molecular weight is 459 g/mol. The van der Waals surface area contributed by atoms with E-state index >= 15 is 0 Å². The Balaban J connectivity index is 1.81. The molecule has 1 aromatic heterocycles. The summed E-state index contributed by atoms with van der Waals surface area (Å²) in [5, 5.41) is 0.535. The number of aromatic nitrogens is 2. The van der Waals surface area contributed by atoms with Gasteiger partial charge in [0.2, 0.25) is 0 Å². The SMILES string of the molecule is COc1cc(CSc2nc3ccc(OC(F)(F)C(F)F)cc3[nH]2)c(N(C)C)cc1OC. The number of fused-ring (bicyclic) bond motifs is 1. The first-order valence-corrected chi connectivity index (χ1v) is 10.0. The minimum atomic E-state index is -4.57. The monoisotopic (exact) mass is 459 g/mol. The molecule has 0 spiro atoms. The molecular formula is C20H21F4N3O3S. The van der Waals surface area contributed by atoms with Crippen LogP contribution in [-0.2, 0) is 5.75 Å². The van der Waals surface area contributed by atoms with Gasteiger partial charge in [-0.25, -0.2) is 4.98 Å². The maximum atomic E-state index is 13.1. The van der Waals surface area contributed by atoms with Crippen molar-refractivity contribution in [2.24, 2.45) is 0 Å². The lowest BCUT2D eigenvalue weighted by molar-refractivity contribution is -0.253. The number of hydrogen-bond acceptors (Lipinski definition) is 6. The molecule has 2 aromatic carbocycles. The largest absolute Gasteiger partial charge is 0.493 e. The quantitative estimate of drug-likeness (QED) is 0.352. The zero-order valence-electron chi connectivity index (χ0n) is 17.2. The predicted octanol–water partition coefficient (Wildman–Crippen LogP) is 5.18. The van der Waals surface area contributed by atoms with Crippen LogP contribution in [0.5, 0.6) is 17.2 Å². The molecule has 0 saturated carbocycles. The molecule has 0 radical (unpaired) electrons. The Kier molecular flexibility index (Phi) is 6.73. The Morgan fingerprint density at radius 3 is 2.39 bits per heavy atom. The highest BCUT2D eigenvalue weighted by Gasteiger charge is 2.44. The van der Waals surface area contributed by atoms with Gasteiger partial charge in [0.1, 0.15) is 5.75 Å². The molecule has 0 atom stereocenters. The number of hydrogen-bond donors (Lipinski definition) is 1. The lowest BCUT2D eigenvalue weighted by Crippen LogP contribution is -2.33. The molecule has 3 aromatic rings. The topological polar surface area (TPSA) is 59.6 Å². The highest BCUT2D eigenvalue weighted by atomic mass is 32.2. The number of nitrogens with zero attached hydrogens (tertiary/aromatic N) is 2. The molecule has 0 aliphatic rings. The molecule has 0 saturated heterocycles. The van der Waals surface area contributed by atoms with E-state index in [1.165, 1.54) is 30.0 Å². The van der Waals surface area contributed by atoms with Crippen molar-refractivity contribution in [2.45, 2.75) is 23.4 Å². The molecule has 3 rings (SSSR count). The number of halogens is 4. The summed E-state index contributed by atoms with van der Waals surface area (Å²) in [6.45, 7) is 0. The van der Waals surface area contributed by atoms with Crippen LogP contribution in [-0.4, -0.2) is 50.8 Å². The number of anilines is 1. The van der Waals surface area contributed by atoms with E-state index in [0.717, 1.165) is 11.3 Å². The van der Waals surface area contributed by atoms with Gasteiger partial charge in [-0.15, -0.1) is 0 Å². The molecule has 11 heteroatoms. The fourth-order valence-electron chi connectivity index (χ4n) is 2.89. The molecule has 0 unspecified atom stereocenters. The van der Waals surface area contributed by atoms with Crippen molar-refractivity contribution in [1.82, 2.24) is 9.97 Å². The van der Waals surface area contributed by atoms with Crippen molar-refractivity contribution < 1.29 is 31.8 Å². The number of methoxy groups -OCH3 is 2. The molecule has 31 heavy (non-hydrogen) atoms. The lowest BCUT2D eigenvalue weighted by Gasteiger charge is -2.20. The molecule has 0 amide bonds. The van der Waals surface area contributed by atoms with Gasteiger partial charge in [0, 0.05) is 37.7 Å². The average Bonchev–Trinajstić information content (AvgIpc) is 3.13. The van der Waals surface area contributed by atoms with Crippen molar-refractivity contribution in [1.29, 1.82) is 0 Å². The third kappa shape index (κ3) is 5.09. The second-order valence-corrected chi connectivity index (χ2v) is 7.67. The molecule has 1 heterocycles. The molecule has 0 bridgehead atoms. The normalized spacial score (nSPS) is 11.8. The maximum absolute atomic E-state index is 13.1. The van der Waals surface area contributed by atoms with Gasteiger partial charge in [-0.3, -0.25) is 0 Å². The number of imidazole rings is 1. The zero-order valence-corrected chi connectivity index (χ0v) is 18.0. The number of alkyl halides is 4. The van der Waals surface area contributed by atoms with Gasteiger partial charge in [-0.05, 0) is 23.8 Å². The van der Waals surface area contributed by atoms with Gasteiger partial charge in [0.25, 0.3) is 0 Å². The van der Waals surface area contributed by atoms with Crippen LogP contribution >= 0.6 is 11.8 Å². The van der Waals surface area contributed by atoms with Gasteiger partial charge in [-0.1, -0.05) is 11.8 Å². The molecule has 6 nitrogen and oxygen atoms in total. The summed E-state index contributed by atoms with van der Waals surface area (Å²) in [5.41, 5.74) is 2.79. The molecule has 0 fully saturated rings. The van der Waals surface area contributed by atoms with Crippen LogP contribution in [0.1, 0.15) is 5.56 Å². The number of H-pyrrole nitrogens is 1. The summed E-state index contributed by atoms with van der Waals surface area (Å²) in [7, 11) is 6.94. The number of nitrogens with one attached hydrogen (secondary N) is 1. The van der Waals surface area contributed by atoms with E-state index in [4.69, 9.17) is 9.47 Å². The second kappa shape index (κ2) is 9.13. The first kappa shape index (κ1) is 22.9. The second-order valence-electron chi connectivity index (χ2n) is 6.70. The number of aromatic amines is 1. The van der Waals surface area contributed by atoms with Gasteiger partial charge in [0.15, 0.2) is 16.7 Å². The van der Waals surface area contributed by atoms with Crippen LogP contribution in [0.2, 0.25) is 0 Å². The number of benzene rings is 2. The van der Waals surface area contributed by atoms with Crippen molar-refractivity contribution in [2.75, 3.05) is 33.2 Å². The van der Waals surface area contributed by atoms with E-state index in [9.17, 15) is 17.6 Å². The van der Waals surface area contributed by atoms with Gasteiger partial charge < -0.3 is 24.1 Å². The number of rotatable bonds is 9. The van der Waals surface area contributed by atoms with E-state index in [-0.39, 0.29) is 5.75 Å². The molecular weight excluding hydrogens is 438 g/mol. The third-order valence-corrected chi connectivity index (χ3v) is 5.29. The van der Waals surface area contributed by atoms with E-state index in [1.807, 2.05) is 31.1 Å². The fourth-order valence-corrected chi connectivity index (χ4v) is 3.76. The summed E-state index contributed by atoms with van der Waals surface area (Å²) < 4.78 is 65.8. The summed E-state index contributed by atoms with van der Waals surface area (Å²) in [6, 6.07) is 7.56. The van der Waals surface area contributed by atoms with Crippen LogP contribution in [0.4, 0.5) is 23.2 Å². The van der Waals surface area contributed by atoms with Crippen LogP contribution in [0.15, 0.2) is 35.5 Å². The van der Waals surface area contributed by atoms with Crippen molar-refractivity contribution >= 4 is 28.5 Å². The first-order chi connectivity index (χ1) is 14.6. The van der Waals surface area contributed by atoms with Crippen molar-refractivity contribution in [3.05, 3.63) is 35.9 Å². The van der Waals surface area contributed by atoms with Crippen LogP contribution < -0.4 is 19.1 Å². The molecule has 168 valence electrons. The Bertz CT molecular complexity index is 1060. The summed E-state index contributed by atoms with van der Waals surface area (Å²) in [6.07, 6.45) is -8.50. The lowest BCUT2D eigenvalue weighted by atomic mass is 10.1. The van der Waals surface area contributed by atoms with Gasteiger partial charge >= 0.3 is 12.5 Å². The smallest absolute Gasteiger partial charge is 0.461 e. The third-order valence-electron chi connectivity index (χ3n) is 4.37. The predicted molar refractivity (Wildman–Crippen MR) is 111 cm³/mol. The van der Waals surface area contributed by atoms with Crippen LogP contribution in [0, 0.1) is 0 Å². The minimum absolute atomic E-state index is 0.382. The van der Waals surface area contributed by atoms with E-state index in [0.29, 0.717) is 33.4 Å². The zero-order chi connectivity index (χ0) is 22.8. The van der Waals surface area contributed by atoms with Crippen molar-refractivity contribution in [3.63, 3.8) is 0 Å². The van der Waals surface area contributed by atoms with Crippen LogP contribution in [0.3, 0.4) is 0 Å². The number of ether oxygens (including phenoxy) is 3. The summed E-state index contributed by atoms with van der Waals surface area (Å²) >= 11 is 1.39. The van der Waals surface area contributed by atoms with Gasteiger partial charge in [0.05, 0.1) is 25.3 Å². The van der Waals surface area contributed by atoms with Crippen LogP contribution in [0.25, 0.3) is 11.0 Å². The Hall–Kier alpha value is -2.82. The van der Waals surface area contributed by atoms with E-state index in [1.54, 1.807) is 14.2 Å². The Morgan fingerprint density at radius 2 is 1.77 bits per heavy atom. The minimum Gasteiger partial charge on any atom is -0.493 e. The maximum Gasteiger partial charge on any atom is 0.461 e. The summed E-state index contributed by atoms with van der Waals surface area (Å²) in [4.78, 5) is 9.34. The number of thioether (sulfide) groups is 1. The Labute approximate surface area is 180 Å². The summed E-state index contributed by atoms with van der Waals surface area (Å²) in [5.74, 6) is 1.35. The van der Waals surface area contributed by atoms with E-state index < -0.39 is 12.5 Å². The molecule has 1 N–H and O–H groups in total. The van der Waals surface area contributed by atoms with E-state index in [2.05, 4.69) is 14.7 Å². The standard InChI is InChI=1S/C20H21F4N3O3S/c1-27(2)15-9-17(29-4)16(28-3)7-11(15)10-31-19-25-13-6-5-12(8-14(13)26-19)30-20(23,24)18(21)22/h5-9,18H,10H2,1-4H3,(H,25,26).